The number of nitrogens with one attached hydrogen (secondary N) is 2. The molecule has 1 aliphatic rings. The van der Waals surface area contributed by atoms with Crippen LogP contribution in [0.25, 0.3) is 0 Å². The van der Waals surface area contributed by atoms with E-state index >= 15 is 0 Å². The van der Waals surface area contributed by atoms with Gasteiger partial charge in [0.25, 0.3) is 0 Å². The smallest absolute Gasteiger partial charge is 0.324 e. The maximum Gasteiger partial charge on any atom is 0.324 e. The van der Waals surface area contributed by atoms with Gasteiger partial charge in [-0.3, -0.25) is 14.5 Å². The van der Waals surface area contributed by atoms with Crippen LogP contribution in [0.4, 0.5) is 4.79 Å². The fraction of sp³-hybridized carbons (Fsp3) is 0.562. The zero-order chi connectivity index (χ0) is 17.0. The highest BCUT2D eigenvalue weighted by Crippen LogP contribution is 2.35. The average molecular weight is 337 g/mol. The molecule has 0 saturated carbocycles. The lowest BCUT2D eigenvalue weighted by Gasteiger charge is -2.31. The summed E-state index contributed by atoms with van der Waals surface area (Å²) in [6, 6.07) is 3.57. The SMILES string of the molecule is CC(C)(C)[C@H](NC(=O)CCCN1C(=O)CNC1=O)c1cccs1. The molecule has 0 aromatic carbocycles. The summed E-state index contributed by atoms with van der Waals surface area (Å²) in [7, 11) is 0. The Morgan fingerprint density at radius 2 is 2.17 bits per heavy atom. The summed E-state index contributed by atoms with van der Waals surface area (Å²) in [5.41, 5.74) is -0.0919. The van der Waals surface area contributed by atoms with E-state index in [0.717, 1.165) is 9.78 Å². The number of imide groups is 1. The second kappa shape index (κ2) is 7.12. The Hall–Kier alpha value is -1.89. The number of amides is 4. The quantitative estimate of drug-likeness (QED) is 0.782. The second-order valence-corrected chi connectivity index (χ2v) is 7.67. The highest BCUT2D eigenvalue weighted by molar-refractivity contribution is 7.10. The zero-order valence-electron chi connectivity index (χ0n) is 13.7. The fourth-order valence-electron chi connectivity index (χ4n) is 2.48. The van der Waals surface area contributed by atoms with Crippen LogP contribution < -0.4 is 10.6 Å². The highest BCUT2D eigenvalue weighted by Gasteiger charge is 2.30. The largest absolute Gasteiger partial charge is 0.348 e. The van der Waals surface area contributed by atoms with E-state index in [1.54, 1.807) is 11.3 Å². The van der Waals surface area contributed by atoms with Crippen LogP contribution in [-0.2, 0) is 9.59 Å². The minimum absolute atomic E-state index is 0.0493. The third-order valence-electron chi connectivity index (χ3n) is 3.72. The van der Waals surface area contributed by atoms with Crippen molar-refractivity contribution in [2.45, 2.75) is 39.7 Å². The lowest BCUT2D eigenvalue weighted by atomic mass is 9.85. The number of hydrogen-bond acceptors (Lipinski definition) is 4. The molecule has 1 aromatic rings. The monoisotopic (exact) mass is 337 g/mol. The van der Waals surface area contributed by atoms with E-state index in [-0.39, 0.29) is 48.8 Å². The first-order valence-electron chi connectivity index (χ1n) is 7.70. The molecule has 0 bridgehead atoms. The molecule has 2 heterocycles. The summed E-state index contributed by atoms with van der Waals surface area (Å²) in [5.74, 6) is -0.299. The molecule has 1 atom stereocenters. The van der Waals surface area contributed by atoms with Gasteiger partial charge in [-0.15, -0.1) is 11.3 Å². The summed E-state index contributed by atoms with van der Waals surface area (Å²) in [4.78, 5) is 37.4. The molecular weight excluding hydrogens is 314 g/mol. The van der Waals surface area contributed by atoms with Gasteiger partial charge in [0.2, 0.25) is 11.8 Å². The van der Waals surface area contributed by atoms with Gasteiger partial charge in [-0.25, -0.2) is 4.79 Å². The molecule has 2 N–H and O–H groups in total. The molecule has 1 fully saturated rings. The summed E-state index contributed by atoms with van der Waals surface area (Å²) in [5, 5.41) is 7.54. The van der Waals surface area contributed by atoms with Gasteiger partial charge in [-0.05, 0) is 23.3 Å². The Morgan fingerprint density at radius 1 is 1.43 bits per heavy atom. The van der Waals surface area contributed by atoms with E-state index in [2.05, 4.69) is 31.4 Å². The molecule has 0 radical (unpaired) electrons. The summed E-state index contributed by atoms with van der Waals surface area (Å²) in [6.45, 7) is 6.59. The average Bonchev–Trinajstić information content (AvgIpc) is 3.08. The number of hydrogen-bond donors (Lipinski definition) is 2. The number of urea groups is 1. The highest BCUT2D eigenvalue weighted by atomic mass is 32.1. The summed E-state index contributed by atoms with van der Waals surface area (Å²) >= 11 is 1.62. The van der Waals surface area contributed by atoms with Gasteiger partial charge < -0.3 is 10.6 Å². The van der Waals surface area contributed by atoms with E-state index in [9.17, 15) is 14.4 Å². The molecular formula is C16H23N3O3S. The van der Waals surface area contributed by atoms with Crippen LogP contribution in [0.2, 0.25) is 0 Å². The molecule has 2 rings (SSSR count). The van der Waals surface area contributed by atoms with E-state index in [1.165, 1.54) is 0 Å². The molecule has 6 nitrogen and oxygen atoms in total. The Kier molecular flexibility index (Phi) is 5.41. The molecule has 0 aliphatic carbocycles. The van der Waals surface area contributed by atoms with Crippen LogP contribution in [0.5, 0.6) is 0 Å². The maximum absolute atomic E-state index is 12.2. The first-order valence-corrected chi connectivity index (χ1v) is 8.58. The van der Waals surface area contributed by atoms with E-state index < -0.39 is 0 Å². The Bertz CT molecular complexity index is 562. The first-order chi connectivity index (χ1) is 10.8. The second-order valence-electron chi connectivity index (χ2n) is 6.69. The Balaban J connectivity index is 1.85. The topological polar surface area (TPSA) is 78.5 Å². The van der Waals surface area contributed by atoms with Gasteiger partial charge in [-0.1, -0.05) is 26.8 Å². The molecule has 23 heavy (non-hydrogen) atoms. The van der Waals surface area contributed by atoms with Crippen molar-refractivity contribution in [3.05, 3.63) is 22.4 Å². The number of carbonyl (C=O) groups is 3. The third-order valence-corrected chi connectivity index (χ3v) is 4.66. The van der Waals surface area contributed by atoms with Crippen LogP contribution in [0, 0.1) is 5.41 Å². The number of thiophene rings is 1. The standard InChI is InChI=1S/C16H23N3O3S/c1-16(2,3)14(11-6-5-9-23-11)18-12(20)7-4-8-19-13(21)10-17-15(19)22/h5-6,9,14H,4,7-8,10H2,1-3H3,(H,17,22)(H,18,20)/t14-/m1/s1. The lowest BCUT2D eigenvalue weighted by Crippen LogP contribution is -2.37. The van der Waals surface area contributed by atoms with Gasteiger partial charge in [0, 0.05) is 17.8 Å². The Morgan fingerprint density at radius 3 is 2.70 bits per heavy atom. The molecule has 126 valence electrons. The number of carbonyl (C=O) groups excluding carboxylic acids is 3. The van der Waals surface area contributed by atoms with E-state index in [4.69, 9.17) is 0 Å². The van der Waals surface area contributed by atoms with Gasteiger partial charge in [0.15, 0.2) is 0 Å². The van der Waals surface area contributed by atoms with Crippen molar-refractivity contribution in [2.24, 2.45) is 5.41 Å². The predicted molar refractivity (Wildman–Crippen MR) is 89.0 cm³/mol. The van der Waals surface area contributed by atoms with Crippen molar-refractivity contribution in [3.8, 4) is 0 Å². The normalized spacial score (nSPS) is 16.4. The fourth-order valence-corrected chi connectivity index (χ4v) is 3.50. The van der Waals surface area contributed by atoms with Crippen LogP contribution in [0.3, 0.4) is 0 Å². The lowest BCUT2D eigenvalue weighted by molar-refractivity contribution is -0.126. The maximum atomic E-state index is 12.2. The molecule has 1 saturated heterocycles. The molecule has 1 aromatic heterocycles. The number of nitrogens with zero attached hydrogens (tertiary/aromatic N) is 1. The zero-order valence-corrected chi connectivity index (χ0v) is 14.5. The van der Waals surface area contributed by atoms with Crippen molar-refractivity contribution in [2.75, 3.05) is 13.1 Å². The van der Waals surface area contributed by atoms with Gasteiger partial charge >= 0.3 is 6.03 Å². The van der Waals surface area contributed by atoms with Crippen molar-refractivity contribution >= 4 is 29.2 Å². The van der Waals surface area contributed by atoms with E-state index in [1.807, 2.05) is 17.5 Å². The van der Waals surface area contributed by atoms with Gasteiger partial charge in [-0.2, -0.15) is 0 Å². The van der Waals surface area contributed by atoms with Crippen LogP contribution in [-0.4, -0.2) is 35.8 Å². The third kappa shape index (κ3) is 4.54. The molecule has 4 amide bonds. The van der Waals surface area contributed by atoms with Gasteiger partial charge in [0.05, 0.1) is 12.6 Å². The van der Waals surface area contributed by atoms with Crippen LogP contribution >= 0.6 is 11.3 Å². The van der Waals surface area contributed by atoms with Crippen molar-refractivity contribution < 1.29 is 14.4 Å². The summed E-state index contributed by atoms with van der Waals surface area (Å²) in [6.07, 6.45) is 0.751. The number of rotatable bonds is 6. The molecule has 1 aliphatic heterocycles. The molecule has 0 unspecified atom stereocenters. The van der Waals surface area contributed by atoms with Crippen molar-refractivity contribution in [3.63, 3.8) is 0 Å². The minimum atomic E-state index is -0.374. The van der Waals surface area contributed by atoms with Crippen molar-refractivity contribution in [1.82, 2.24) is 15.5 Å². The molecule has 7 heteroatoms. The minimum Gasteiger partial charge on any atom is -0.348 e. The first kappa shape index (κ1) is 17.5. The van der Waals surface area contributed by atoms with Gasteiger partial charge in [0.1, 0.15) is 0 Å². The summed E-state index contributed by atoms with van der Waals surface area (Å²) < 4.78 is 0. The van der Waals surface area contributed by atoms with Crippen LogP contribution in [0.1, 0.15) is 44.5 Å². The predicted octanol–water partition coefficient (Wildman–Crippen LogP) is 2.28. The van der Waals surface area contributed by atoms with Crippen molar-refractivity contribution in [1.29, 1.82) is 0 Å². The Labute approximate surface area is 140 Å². The van der Waals surface area contributed by atoms with E-state index in [0.29, 0.717) is 6.42 Å². The molecule has 0 spiro atoms. The van der Waals surface area contributed by atoms with Crippen LogP contribution in [0.15, 0.2) is 17.5 Å².